The highest BCUT2D eigenvalue weighted by Gasteiger charge is 2.13. The summed E-state index contributed by atoms with van der Waals surface area (Å²) in [6.07, 6.45) is 6.60. The zero-order valence-electron chi connectivity index (χ0n) is 10.1. The number of unbranched alkanes of at least 4 members (excludes halogenated alkanes) is 2. The first-order valence-corrected chi connectivity index (χ1v) is 5.94. The molecule has 1 aromatic heterocycles. The van der Waals surface area contributed by atoms with E-state index < -0.39 is 0 Å². The predicted molar refractivity (Wildman–Crippen MR) is 62.1 cm³/mol. The van der Waals surface area contributed by atoms with Gasteiger partial charge in [-0.2, -0.15) is 0 Å². The molecule has 0 amide bonds. The Balaban J connectivity index is 2.80. The van der Waals surface area contributed by atoms with Crippen LogP contribution >= 0.6 is 0 Å². The number of rotatable bonds is 6. The summed E-state index contributed by atoms with van der Waals surface area (Å²) in [7, 11) is 1.92. The van der Waals surface area contributed by atoms with Gasteiger partial charge < -0.3 is 5.11 Å². The number of nitrogens with zero attached hydrogens (tertiary/aromatic N) is 2. The third kappa shape index (κ3) is 2.98. The highest BCUT2D eigenvalue weighted by molar-refractivity contribution is 5.30. The molecule has 1 N–H and O–H groups in total. The summed E-state index contributed by atoms with van der Waals surface area (Å²) < 4.78 is 1.83. The highest BCUT2D eigenvalue weighted by Crippen LogP contribution is 2.23. The van der Waals surface area contributed by atoms with Crippen LogP contribution in [0.3, 0.4) is 0 Å². The topological polar surface area (TPSA) is 38.1 Å². The second-order valence-electron chi connectivity index (χ2n) is 4.08. The Morgan fingerprint density at radius 1 is 1.13 bits per heavy atom. The summed E-state index contributed by atoms with van der Waals surface area (Å²) in [6.45, 7) is 4.35. The Kier molecular flexibility index (Phi) is 4.66. The van der Waals surface area contributed by atoms with Crippen molar-refractivity contribution in [3.05, 3.63) is 11.3 Å². The van der Waals surface area contributed by atoms with Crippen molar-refractivity contribution in [1.29, 1.82) is 0 Å². The molecule has 1 heterocycles. The quantitative estimate of drug-likeness (QED) is 0.784. The summed E-state index contributed by atoms with van der Waals surface area (Å²) in [4.78, 5) is 0. The molecule has 3 nitrogen and oxygen atoms in total. The zero-order chi connectivity index (χ0) is 11.3. The van der Waals surface area contributed by atoms with E-state index in [1.54, 1.807) is 0 Å². The third-order valence-corrected chi connectivity index (χ3v) is 2.80. The largest absolute Gasteiger partial charge is 0.492 e. The first kappa shape index (κ1) is 12.1. The SMILES string of the molecule is CCCCc1c(O)nn(C)c1CCCC. The van der Waals surface area contributed by atoms with Crippen LogP contribution in [0.25, 0.3) is 0 Å². The van der Waals surface area contributed by atoms with E-state index in [4.69, 9.17) is 0 Å². The predicted octanol–water partition coefficient (Wildman–Crippen LogP) is 2.81. The van der Waals surface area contributed by atoms with Gasteiger partial charge in [-0.3, -0.25) is 4.68 Å². The highest BCUT2D eigenvalue weighted by atomic mass is 16.3. The number of aromatic nitrogens is 2. The molecule has 0 spiro atoms. The normalized spacial score (nSPS) is 10.9. The van der Waals surface area contributed by atoms with Crippen molar-refractivity contribution >= 4 is 0 Å². The standard InChI is InChI=1S/C12H22N2O/c1-4-6-8-10-11(9-7-5-2)14(3)13-12(10)15/h4-9H2,1-3H3,(H,13,15). The maximum absolute atomic E-state index is 9.71. The van der Waals surface area contributed by atoms with Crippen molar-refractivity contribution in [2.45, 2.75) is 52.4 Å². The van der Waals surface area contributed by atoms with Crippen LogP contribution in [0.1, 0.15) is 50.8 Å². The van der Waals surface area contributed by atoms with Gasteiger partial charge in [-0.15, -0.1) is 5.10 Å². The van der Waals surface area contributed by atoms with Gasteiger partial charge in [-0.1, -0.05) is 26.7 Å². The van der Waals surface area contributed by atoms with Gasteiger partial charge in [0.25, 0.3) is 0 Å². The van der Waals surface area contributed by atoms with Gasteiger partial charge in [0.1, 0.15) is 0 Å². The Morgan fingerprint density at radius 3 is 2.33 bits per heavy atom. The molecule has 0 aliphatic rings. The number of aromatic hydroxyl groups is 1. The molecule has 0 atom stereocenters. The molecular formula is C12H22N2O. The Hall–Kier alpha value is -0.990. The van der Waals surface area contributed by atoms with Crippen LogP contribution in [-0.2, 0) is 19.9 Å². The fraction of sp³-hybridized carbons (Fsp3) is 0.750. The molecule has 0 aliphatic carbocycles. The number of hydrogen-bond donors (Lipinski definition) is 1. The Morgan fingerprint density at radius 2 is 1.73 bits per heavy atom. The first-order valence-electron chi connectivity index (χ1n) is 5.94. The Labute approximate surface area is 92.1 Å². The fourth-order valence-electron chi connectivity index (χ4n) is 1.85. The average molecular weight is 210 g/mol. The maximum Gasteiger partial charge on any atom is 0.233 e. The molecule has 0 radical (unpaired) electrons. The molecule has 0 aliphatic heterocycles. The zero-order valence-corrected chi connectivity index (χ0v) is 10.1. The van der Waals surface area contributed by atoms with E-state index in [1.165, 1.54) is 12.1 Å². The van der Waals surface area contributed by atoms with Gasteiger partial charge >= 0.3 is 0 Å². The molecular weight excluding hydrogens is 188 g/mol. The van der Waals surface area contributed by atoms with Crippen LogP contribution in [0.4, 0.5) is 0 Å². The molecule has 0 bridgehead atoms. The minimum absolute atomic E-state index is 0.233. The molecule has 0 saturated heterocycles. The fourth-order valence-corrected chi connectivity index (χ4v) is 1.85. The van der Waals surface area contributed by atoms with E-state index in [-0.39, 0.29) is 5.88 Å². The van der Waals surface area contributed by atoms with Gasteiger partial charge in [0.05, 0.1) is 0 Å². The van der Waals surface area contributed by atoms with Gasteiger partial charge in [0.15, 0.2) is 0 Å². The first-order chi connectivity index (χ1) is 7.20. The summed E-state index contributed by atoms with van der Waals surface area (Å²) in [5.74, 6) is 0.233. The van der Waals surface area contributed by atoms with Gasteiger partial charge in [0.2, 0.25) is 5.88 Å². The Bertz CT molecular complexity index is 276. The lowest BCUT2D eigenvalue weighted by Gasteiger charge is -2.04. The lowest BCUT2D eigenvalue weighted by atomic mass is 10.1. The average Bonchev–Trinajstić information content (AvgIpc) is 2.47. The number of aryl methyl sites for hydroxylation is 1. The van der Waals surface area contributed by atoms with E-state index in [2.05, 4.69) is 18.9 Å². The van der Waals surface area contributed by atoms with Crippen LogP contribution in [0.2, 0.25) is 0 Å². The van der Waals surface area contributed by atoms with Crippen LogP contribution in [-0.4, -0.2) is 14.9 Å². The smallest absolute Gasteiger partial charge is 0.233 e. The van der Waals surface area contributed by atoms with Crippen molar-refractivity contribution < 1.29 is 5.11 Å². The summed E-state index contributed by atoms with van der Waals surface area (Å²) in [5, 5.41) is 13.8. The van der Waals surface area contributed by atoms with Gasteiger partial charge in [-0.05, 0) is 25.7 Å². The second kappa shape index (κ2) is 5.79. The summed E-state index contributed by atoms with van der Waals surface area (Å²) in [5.41, 5.74) is 2.27. The molecule has 0 aromatic carbocycles. The molecule has 1 aromatic rings. The van der Waals surface area contributed by atoms with Crippen molar-refractivity contribution in [1.82, 2.24) is 9.78 Å². The monoisotopic (exact) mass is 210 g/mol. The summed E-state index contributed by atoms with van der Waals surface area (Å²) >= 11 is 0. The van der Waals surface area contributed by atoms with Gasteiger partial charge in [0, 0.05) is 18.3 Å². The molecule has 15 heavy (non-hydrogen) atoms. The van der Waals surface area contributed by atoms with Crippen molar-refractivity contribution in [3.63, 3.8) is 0 Å². The molecule has 0 unspecified atom stereocenters. The lowest BCUT2D eigenvalue weighted by Crippen LogP contribution is -2.00. The molecule has 3 heteroatoms. The molecule has 0 saturated carbocycles. The summed E-state index contributed by atoms with van der Waals surface area (Å²) in [6, 6.07) is 0. The maximum atomic E-state index is 9.71. The molecule has 1 rings (SSSR count). The van der Waals surface area contributed by atoms with Crippen molar-refractivity contribution in [3.8, 4) is 5.88 Å². The van der Waals surface area contributed by atoms with Crippen LogP contribution < -0.4 is 0 Å². The van der Waals surface area contributed by atoms with E-state index >= 15 is 0 Å². The van der Waals surface area contributed by atoms with Crippen molar-refractivity contribution in [2.24, 2.45) is 7.05 Å². The van der Waals surface area contributed by atoms with Crippen molar-refractivity contribution in [2.75, 3.05) is 0 Å². The van der Waals surface area contributed by atoms with E-state index in [0.717, 1.165) is 37.7 Å². The molecule has 86 valence electrons. The van der Waals surface area contributed by atoms with Crippen LogP contribution in [0, 0.1) is 0 Å². The second-order valence-corrected chi connectivity index (χ2v) is 4.08. The molecule has 0 fully saturated rings. The van der Waals surface area contributed by atoms with E-state index in [1.807, 2.05) is 11.7 Å². The third-order valence-electron chi connectivity index (χ3n) is 2.80. The van der Waals surface area contributed by atoms with Crippen LogP contribution in [0.5, 0.6) is 5.88 Å². The van der Waals surface area contributed by atoms with E-state index in [0.29, 0.717) is 0 Å². The van der Waals surface area contributed by atoms with E-state index in [9.17, 15) is 5.11 Å². The van der Waals surface area contributed by atoms with Crippen LogP contribution in [0.15, 0.2) is 0 Å². The minimum Gasteiger partial charge on any atom is -0.492 e. The number of hydrogen-bond acceptors (Lipinski definition) is 2. The van der Waals surface area contributed by atoms with Gasteiger partial charge in [-0.25, -0.2) is 0 Å². The lowest BCUT2D eigenvalue weighted by molar-refractivity contribution is 0.438. The minimum atomic E-state index is 0.233.